The Balaban J connectivity index is 1.78. The van der Waals surface area contributed by atoms with E-state index in [1.54, 1.807) is 38.6 Å². The highest BCUT2D eigenvalue weighted by Crippen LogP contribution is 2.43. The highest BCUT2D eigenvalue weighted by molar-refractivity contribution is 6.08. The van der Waals surface area contributed by atoms with Crippen molar-refractivity contribution >= 4 is 28.3 Å². The summed E-state index contributed by atoms with van der Waals surface area (Å²) in [6.45, 7) is 0.824. The van der Waals surface area contributed by atoms with Crippen molar-refractivity contribution in [2.45, 2.75) is 5.92 Å². The first kappa shape index (κ1) is 22.6. The van der Waals surface area contributed by atoms with Crippen LogP contribution in [-0.4, -0.2) is 55.3 Å². The first-order valence-electron chi connectivity index (χ1n) is 11.0. The number of pyridine rings is 2. The van der Waals surface area contributed by atoms with Crippen LogP contribution in [0.2, 0.25) is 0 Å². The maximum absolute atomic E-state index is 14.5. The molecular weight excluding hydrogens is 453 g/mol. The molecule has 3 aromatic heterocycles. The van der Waals surface area contributed by atoms with Crippen LogP contribution in [0, 0.1) is 5.82 Å². The number of H-pyrrole nitrogens is 1. The lowest BCUT2D eigenvalue weighted by Gasteiger charge is -2.23. The number of nitrogens with one attached hydrogen (secondary N) is 3. The standard InChI is InChI=1S/C25H24FN5O4/c1-33-12-13-11-28-25(32)19-20(13)31-22(23(19)29-17-6-4-5-15(26)24(17)35-3)14-9-10-27-16-7-8-18(34-2)30-21(14)16/h4-10,13,29,31H,11-12H2,1-3H3,(H,28,32)/t13-/m1/s1. The Morgan fingerprint density at radius 1 is 1.14 bits per heavy atom. The quantitative estimate of drug-likeness (QED) is 0.369. The average Bonchev–Trinajstić information content (AvgIpc) is 3.25. The number of hydrogen-bond donors (Lipinski definition) is 3. The molecule has 0 bridgehead atoms. The summed E-state index contributed by atoms with van der Waals surface area (Å²) < 4.78 is 30.5. The third-order valence-corrected chi connectivity index (χ3v) is 6.01. The lowest BCUT2D eigenvalue weighted by Crippen LogP contribution is -2.36. The van der Waals surface area contributed by atoms with Gasteiger partial charge in [0.05, 0.1) is 49.0 Å². The van der Waals surface area contributed by atoms with Gasteiger partial charge in [0.25, 0.3) is 5.91 Å². The zero-order valence-electron chi connectivity index (χ0n) is 19.4. The normalized spacial score (nSPS) is 15.0. The number of methoxy groups -OCH3 is 3. The van der Waals surface area contributed by atoms with Crippen LogP contribution < -0.4 is 20.1 Å². The molecule has 1 atom stereocenters. The number of nitrogens with zero attached hydrogens (tertiary/aromatic N) is 2. The van der Waals surface area contributed by atoms with E-state index in [0.29, 0.717) is 58.3 Å². The topological polar surface area (TPSA) is 110 Å². The minimum atomic E-state index is -0.522. The minimum Gasteiger partial charge on any atom is -0.492 e. The second-order valence-corrected chi connectivity index (χ2v) is 8.05. The molecule has 0 radical (unpaired) electrons. The van der Waals surface area contributed by atoms with Crippen molar-refractivity contribution in [1.82, 2.24) is 20.3 Å². The maximum Gasteiger partial charge on any atom is 0.255 e. The third kappa shape index (κ3) is 3.91. The number of carbonyl (C=O) groups is 1. The fourth-order valence-corrected chi connectivity index (χ4v) is 4.41. The van der Waals surface area contributed by atoms with Gasteiger partial charge in [-0.1, -0.05) is 6.07 Å². The van der Waals surface area contributed by atoms with Gasteiger partial charge in [0.2, 0.25) is 5.88 Å². The predicted molar refractivity (Wildman–Crippen MR) is 129 cm³/mol. The molecule has 1 aromatic carbocycles. The molecule has 0 fully saturated rings. The maximum atomic E-state index is 14.5. The second-order valence-electron chi connectivity index (χ2n) is 8.05. The lowest BCUT2D eigenvalue weighted by molar-refractivity contribution is 0.0925. The van der Waals surface area contributed by atoms with Gasteiger partial charge in [-0.2, -0.15) is 0 Å². The molecule has 180 valence electrons. The number of benzene rings is 1. The molecule has 0 spiro atoms. The van der Waals surface area contributed by atoms with Crippen molar-refractivity contribution in [3.63, 3.8) is 0 Å². The molecule has 0 saturated carbocycles. The number of anilines is 2. The Morgan fingerprint density at radius 3 is 2.77 bits per heavy atom. The minimum absolute atomic E-state index is 0.0393. The average molecular weight is 477 g/mol. The summed E-state index contributed by atoms with van der Waals surface area (Å²) in [5, 5.41) is 6.18. The number of rotatable bonds is 7. The second kappa shape index (κ2) is 9.22. The van der Waals surface area contributed by atoms with Crippen molar-refractivity contribution in [2.24, 2.45) is 0 Å². The van der Waals surface area contributed by atoms with E-state index in [2.05, 4.69) is 25.6 Å². The Morgan fingerprint density at radius 2 is 2.00 bits per heavy atom. The smallest absolute Gasteiger partial charge is 0.255 e. The van der Waals surface area contributed by atoms with Crippen LogP contribution in [0.5, 0.6) is 11.6 Å². The van der Waals surface area contributed by atoms with Crippen LogP contribution in [0.1, 0.15) is 22.0 Å². The number of para-hydroxylation sites is 1. The molecular formula is C25H24FN5O4. The monoisotopic (exact) mass is 477 g/mol. The molecule has 0 unspecified atom stereocenters. The van der Waals surface area contributed by atoms with Gasteiger partial charge in [-0.3, -0.25) is 9.78 Å². The van der Waals surface area contributed by atoms with Crippen LogP contribution in [-0.2, 0) is 4.74 Å². The number of aromatic nitrogens is 3. The summed E-state index contributed by atoms with van der Waals surface area (Å²) >= 11 is 0. The van der Waals surface area contributed by atoms with E-state index < -0.39 is 5.82 Å². The van der Waals surface area contributed by atoms with Gasteiger partial charge in [0.15, 0.2) is 11.6 Å². The summed E-state index contributed by atoms with van der Waals surface area (Å²) in [6.07, 6.45) is 1.67. The van der Waals surface area contributed by atoms with Gasteiger partial charge >= 0.3 is 0 Å². The van der Waals surface area contributed by atoms with E-state index in [9.17, 15) is 9.18 Å². The first-order chi connectivity index (χ1) is 17.0. The Bertz CT molecular complexity index is 1420. The Labute approximate surface area is 200 Å². The zero-order valence-corrected chi connectivity index (χ0v) is 19.4. The van der Waals surface area contributed by atoms with Crippen LogP contribution >= 0.6 is 0 Å². The van der Waals surface area contributed by atoms with Crippen molar-refractivity contribution in [2.75, 3.05) is 39.8 Å². The fraction of sp³-hybridized carbons (Fsp3) is 0.240. The highest BCUT2D eigenvalue weighted by atomic mass is 19.1. The van der Waals surface area contributed by atoms with Crippen molar-refractivity contribution < 1.29 is 23.4 Å². The molecule has 4 heterocycles. The molecule has 4 aromatic rings. The van der Waals surface area contributed by atoms with Crippen molar-refractivity contribution in [3.05, 3.63) is 59.7 Å². The fourth-order valence-electron chi connectivity index (χ4n) is 4.41. The summed E-state index contributed by atoms with van der Waals surface area (Å²) in [7, 11) is 4.55. The molecule has 5 rings (SSSR count). The molecule has 10 heteroatoms. The van der Waals surface area contributed by atoms with Gasteiger partial charge in [-0.25, -0.2) is 9.37 Å². The third-order valence-electron chi connectivity index (χ3n) is 6.01. The summed E-state index contributed by atoms with van der Waals surface area (Å²) in [5.74, 6) is -0.411. The van der Waals surface area contributed by atoms with Crippen LogP contribution in [0.25, 0.3) is 22.3 Å². The number of ether oxygens (including phenoxy) is 3. The Hall–Kier alpha value is -4.18. The zero-order chi connectivity index (χ0) is 24.5. The summed E-state index contributed by atoms with van der Waals surface area (Å²) in [5.41, 5.74) is 4.54. The van der Waals surface area contributed by atoms with Crippen molar-refractivity contribution in [3.8, 4) is 22.9 Å². The molecule has 0 aliphatic carbocycles. The van der Waals surface area contributed by atoms with Crippen LogP contribution in [0.3, 0.4) is 0 Å². The molecule has 1 amide bonds. The van der Waals surface area contributed by atoms with E-state index in [0.717, 1.165) is 5.69 Å². The predicted octanol–water partition coefficient (Wildman–Crippen LogP) is 4.00. The van der Waals surface area contributed by atoms with Crippen molar-refractivity contribution in [1.29, 1.82) is 0 Å². The molecule has 0 saturated heterocycles. The highest BCUT2D eigenvalue weighted by Gasteiger charge is 2.33. The first-order valence-corrected chi connectivity index (χ1v) is 11.0. The molecule has 9 nitrogen and oxygen atoms in total. The van der Waals surface area contributed by atoms with E-state index in [-0.39, 0.29) is 17.6 Å². The molecule has 1 aliphatic rings. The van der Waals surface area contributed by atoms with E-state index in [1.165, 1.54) is 13.2 Å². The number of halogens is 1. The number of amides is 1. The van der Waals surface area contributed by atoms with E-state index in [1.807, 2.05) is 12.1 Å². The van der Waals surface area contributed by atoms with Crippen LogP contribution in [0.4, 0.5) is 15.8 Å². The van der Waals surface area contributed by atoms with Gasteiger partial charge in [-0.05, 0) is 24.3 Å². The Kier molecular flexibility index (Phi) is 5.96. The number of aromatic amines is 1. The summed E-state index contributed by atoms with van der Waals surface area (Å²) in [6, 6.07) is 9.93. The van der Waals surface area contributed by atoms with Gasteiger partial charge in [0.1, 0.15) is 5.52 Å². The number of carbonyl (C=O) groups excluding carboxylic acids is 1. The molecule has 35 heavy (non-hydrogen) atoms. The largest absolute Gasteiger partial charge is 0.492 e. The number of fused-ring (bicyclic) bond motifs is 2. The summed E-state index contributed by atoms with van der Waals surface area (Å²) in [4.78, 5) is 25.6. The molecule has 1 aliphatic heterocycles. The van der Waals surface area contributed by atoms with Gasteiger partial charge in [-0.15, -0.1) is 0 Å². The van der Waals surface area contributed by atoms with Gasteiger partial charge < -0.3 is 29.8 Å². The lowest BCUT2D eigenvalue weighted by atomic mass is 9.97. The van der Waals surface area contributed by atoms with Crippen LogP contribution in [0.15, 0.2) is 42.6 Å². The molecule has 3 N–H and O–H groups in total. The van der Waals surface area contributed by atoms with E-state index in [4.69, 9.17) is 14.2 Å². The van der Waals surface area contributed by atoms with Gasteiger partial charge in [0, 0.05) is 43.1 Å². The number of hydrogen-bond acceptors (Lipinski definition) is 7. The SMILES string of the molecule is COC[C@H]1CNC(=O)c2c1[nH]c(-c1ccnc3ccc(OC)nc13)c2Nc1cccc(F)c1OC. The van der Waals surface area contributed by atoms with E-state index >= 15 is 0 Å².